The lowest BCUT2D eigenvalue weighted by Crippen LogP contribution is -2.43. The molecule has 2 atom stereocenters. The minimum Gasteiger partial charge on any atom is -0.347 e. The second-order valence-corrected chi connectivity index (χ2v) is 5.92. The number of likely N-dealkylation sites (N-methyl/N-ethyl adjacent to an activating group) is 1. The molecule has 104 valence electrons. The van der Waals surface area contributed by atoms with E-state index in [0.29, 0.717) is 5.92 Å². The third-order valence-corrected chi connectivity index (χ3v) is 3.82. The standard InChI is InChI=1S/C15H21ClN2O/c1-10(15(19)18(2)3)17-14(11-4-5-11)12-6-8-13(16)9-7-12/h6-11,14,17H,4-5H2,1-3H3. The molecule has 1 N–H and O–H groups in total. The van der Waals surface area contributed by atoms with Crippen LogP contribution < -0.4 is 5.32 Å². The maximum atomic E-state index is 11.9. The van der Waals surface area contributed by atoms with Gasteiger partial charge in [-0.1, -0.05) is 23.7 Å². The number of nitrogens with zero attached hydrogens (tertiary/aromatic N) is 1. The van der Waals surface area contributed by atoms with Gasteiger partial charge >= 0.3 is 0 Å². The Balaban J connectivity index is 2.08. The predicted octanol–water partition coefficient (Wildman–Crippen LogP) is 2.86. The number of hydrogen-bond donors (Lipinski definition) is 1. The first kappa shape index (κ1) is 14.4. The molecule has 19 heavy (non-hydrogen) atoms. The largest absolute Gasteiger partial charge is 0.347 e. The molecule has 1 fully saturated rings. The Morgan fingerprint density at radius 3 is 2.37 bits per heavy atom. The van der Waals surface area contributed by atoms with Crippen LogP contribution in [0, 0.1) is 5.92 Å². The maximum Gasteiger partial charge on any atom is 0.238 e. The summed E-state index contributed by atoms with van der Waals surface area (Å²) in [4.78, 5) is 13.6. The third kappa shape index (κ3) is 3.71. The van der Waals surface area contributed by atoms with Crippen LogP contribution in [0.4, 0.5) is 0 Å². The van der Waals surface area contributed by atoms with Gasteiger partial charge in [-0.15, -0.1) is 0 Å². The quantitative estimate of drug-likeness (QED) is 0.899. The Morgan fingerprint density at radius 1 is 1.32 bits per heavy atom. The molecule has 4 heteroatoms. The maximum absolute atomic E-state index is 11.9. The van der Waals surface area contributed by atoms with Gasteiger partial charge in [-0.25, -0.2) is 0 Å². The van der Waals surface area contributed by atoms with E-state index in [4.69, 9.17) is 11.6 Å². The van der Waals surface area contributed by atoms with Crippen LogP contribution in [-0.2, 0) is 4.79 Å². The zero-order valence-electron chi connectivity index (χ0n) is 11.7. The van der Waals surface area contributed by atoms with Crippen molar-refractivity contribution in [2.24, 2.45) is 5.92 Å². The van der Waals surface area contributed by atoms with E-state index >= 15 is 0 Å². The fourth-order valence-electron chi connectivity index (χ4n) is 2.33. The van der Waals surface area contributed by atoms with Gasteiger partial charge in [-0.3, -0.25) is 10.1 Å². The molecule has 2 unspecified atom stereocenters. The van der Waals surface area contributed by atoms with Crippen LogP contribution in [0.5, 0.6) is 0 Å². The van der Waals surface area contributed by atoms with Crippen LogP contribution >= 0.6 is 11.6 Å². The molecule has 2 rings (SSSR count). The zero-order valence-corrected chi connectivity index (χ0v) is 12.4. The van der Waals surface area contributed by atoms with E-state index in [1.165, 1.54) is 18.4 Å². The average molecular weight is 281 g/mol. The van der Waals surface area contributed by atoms with Crippen molar-refractivity contribution in [3.8, 4) is 0 Å². The molecule has 0 aromatic heterocycles. The summed E-state index contributed by atoms with van der Waals surface area (Å²) in [5.74, 6) is 0.748. The lowest BCUT2D eigenvalue weighted by Gasteiger charge is -2.25. The van der Waals surface area contributed by atoms with Crippen molar-refractivity contribution in [3.05, 3.63) is 34.9 Å². The smallest absolute Gasteiger partial charge is 0.238 e. The minimum absolute atomic E-state index is 0.111. The van der Waals surface area contributed by atoms with Crippen LogP contribution in [0.2, 0.25) is 5.02 Å². The van der Waals surface area contributed by atoms with Crippen molar-refractivity contribution in [1.82, 2.24) is 10.2 Å². The Labute approximate surface area is 119 Å². The van der Waals surface area contributed by atoms with E-state index in [2.05, 4.69) is 5.32 Å². The lowest BCUT2D eigenvalue weighted by molar-refractivity contribution is -0.130. The summed E-state index contributed by atoms with van der Waals surface area (Å²) in [7, 11) is 3.57. The monoisotopic (exact) mass is 280 g/mol. The second-order valence-electron chi connectivity index (χ2n) is 5.49. The van der Waals surface area contributed by atoms with Crippen LogP contribution in [0.1, 0.15) is 31.4 Å². The summed E-state index contributed by atoms with van der Waals surface area (Å²) in [6.07, 6.45) is 2.45. The highest BCUT2D eigenvalue weighted by atomic mass is 35.5. The number of carbonyl (C=O) groups excluding carboxylic acids is 1. The van der Waals surface area contributed by atoms with Gasteiger partial charge in [0.1, 0.15) is 0 Å². The van der Waals surface area contributed by atoms with E-state index in [0.717, 1.165) is 5.02 Å². The highest BCUT2D eigenvalue weighted by Crippen LogP contribution is 2.41. The van der Waals surface area contributed by atoms with Crippen molar-refractivity contribution >= 4 is 17.5 Å². The van der Waals surface area contributed by atoms with E-state index < -0.39 is 0 Å². The summed E-state index contributed by atoms with van der Waals surface area (Å²) in [6, 6.07) is 7.99. The summed E-state index contributed by atoms with van der Waals surface area (Å²) in [5.41, 5.74) is 1.21. The van der Waals surface area contributed by atoms with Gasteiger partial charge in [0.25, 0.3) is 0 Å². The van der Waals surface area contributed by atoms with Gasteiger partial charge in [0.2, 0.25) is 5.91 Å². The van der Waals surface area contributed by atoms with E-state index in [1.54, 1.807) is 19.0 Å². The number of halogens is 1. The first-order valence-corrected chi connectivity index (χ1v) is 7.09. The van der Waals surface area contributed by atoms with Crippen molar-refractivity contribution in [3.63, 3.8) is 0 Å². The van der Waals surface area contributed by atoms with Gasteiger partial charge in [0.15, 0.2) is 0 Å². The second kappa shape index (κ2) is 5.93. The molecule has 3 nitrogen and oxygen atoms in total. The highest BCUT2D eigenvalue weighted by Gasteiger charge is 2.34. The van der Waals surface area contributed by atoms with Gasteiger partial charge in [0, 0.05) is 25.2 Å². The number of carbonyl (C=O) groups is 1. The van der Waals surface area contributed by atoms with E-state index in [9.17, 15) is 4.79 Å². The number of hydrogen-bond acceptors (Lipinski definition) is 2. The van der Waals surface area contributed by atoms with E-state index in [1.807, 2.05) is 31.2 Å². The molecule has 0 aliphatic heterocycles. The number of nitrogens with one attached hydrogen (secondary N) is 1. The number of rotatable bonds is 5. The van der Waals surface area contributed by atoms with E-state index in [-0.39, 0.29) is 18.0 Å². The van der Waals surface area contributed by atoms with Crippen molar-refractivity contribution < 1.29 is 4.79 Å². The molecule has 1 aromatic rings. The third-order valence-electron chi connectivity index (χ3n) is 3.56. The SMILES string of the molecule is CC(NC(c1ccc(Cl)cc1)C1CC1)C(=O)N(C)C. The molecular weight excluding hydrogens is 260 g/mol. The molecule has 1 amide bonds. The summed E-state index contributed by atoms with van der Waals surface area (Å²) >= 11 is 5.93. The molecular formula is C15H21ClN2O. The summed E-state index contributed by atoms with van der Waals surface area (Å²) in [6.45, 7) is 1.92. The Bertz CT molecular complexity index is 440. The number of amides is 1. The minimum atomic E-state index is -0.170. The van der Waals surface area contributed by atoms with Crippen LogP contribution in [0.15, 0.2) is 24.3 Å². The van der Waals surface area contributed by atoms with Gasteiger partial charge in [0.05, 0.1) is 6.04 Å². The summed E-state index contributed by atoms with van der Waals surface area (Å²) < 4.78 is 0. The molecule has 0 radical (unpaired) electrons. The van der Waals surface area contributed by atoms with Crippen molar-refractivity contribution in [1.29, 1.82) is 0 Å². The molecule has 1 saturated carbocycles. The molecule has 1 aromatic carbocycles. The molecule has 0 spiro atoms. The molecule has 0 saturated heterocycles. The van der Waals surface area contributed by atoms with Gasteiger partial charge < -0.3 is 4.90 Å². The van der Waals surface area contributed by atoms with Crippen LogP contribution in [0.3, 0.4) is 0 Å². The van der Waals surface area contributed by atoms with Crippen LogP contribution in [0.25, 0.3) is 0 Å². The first-order chi connectivity index (χ1) is 8.99. The topological polar surface area (TPSA) is 32.3 Å². The average Bonchev–Trinajstić information content (AvgIpc) is 3.20. The summed E-state index contributed by atoms with van der Waals surface area (Å²) in [5, 5.41) is 4.21. The van der Waals surface area contributed by atoms with Crippen molar-refractivity contribution in [2.45, 2.75) is 31.8 Å². The Kier molecular flexibility index (Phi) is 4.48. The van der Waals surface area contributed by atoms with Gasteiger partial charge in [-0.05, 0) is 43.4 Å². The predicted molar refractivity (Wildman–Crippen MR) is 78.2 cm³/mol. The molecule has 1 aliphatic rings. The molecule has 0 bridgehead atoms. The van der Waals surface area contributed by atoms with Crippen LogP contribution in [-0.4, -0.2) is 30.9 Å². The zero-order chi connectivity index (χ0) is 14.0. The molecule has 0 heterocycles. The Morgan fingerprint density at radius 2 is 1.89 bits per heavy atom. The number of benzene rings is 1. The normalized spacial score (nSPS) is 17.9. The van der Waals surface area contributed by atoms with Gasteiger partial charge in [-0.2, -0.15) is 0 Å². The highest BCUT2D eigenvalue weighted by molar-refractivity contribution is 6.30. The Hall–Kier alpha value is -1.06. The fraction of sp³-hybridized carbons (Fsp3) is 0.533. The fourth-order valence-corrected chi connectivity index (χ4v) is 2.46. The lowest BCUT2D eigenvalue weighted by atomic mass is 10.0. The molecule has 1 aliphatic carbocycles. The first-order valence-electron chi connectivity index (χ1n) is 6.71. The van der Waals surface area contributed by atoms with Crippen molar-refractivity contribution in [2.75, 3.05) is 14.1 Å².